The fraction of sp³-hybridized carbons (Fsp3) is 0.400. The van der Waals surface area contributed by atoms with Crippen LogP contribution in [0.5, 0.6) is 0 Å². The SMILES string of the molecule is O=c1cc(CSc2nnnn2CC2CCCO2)nc2ccc(Cl)cn12. The lowest BCUT2D eigenvalue weighted by Crippen LogP contribution is -2.17. The fourth-order valence-corrected chi connectivity index (χ4v) is 3.67. The Bertz CT molecular complexity index is 953. The summed E-state index contributed by atoms with van der Waals surface area (Å²) in [6.45, 7) is 1.44. The van der Waals surface area contributed by atoms with Crippen molar-refractivity contribution >= 4 is 29.0 Å². The van der Waals surface area contributed by atoms with E-state index in [1.54, 1.807) is 23.0 Å². The molecule has 3 aromatic rings. The predicted octanol–water partition coefficient (Wildman–Crippen LogP) is 1.81. The summed E-state index contributed by atoms with van der Waals surface area (Å²) in [5.74, 6) is 0.500. The minimum Gasteiger partial charge on any atom is -0.376 e. The predicted molar refractivity (Wildman–Crippen MR) is 92.8 cm³/mol. The molecular weight excluding hydrogens is 364 g/mol. The molecule has 0 bridgehead atoms. The highest BCUT2D eigenvalue weighted by atomic mass is 35.5. The molecule has 0 spiro atoms. The first-order chi connectivity index (χ1) is 12.2. The number of tetrazole rings is 1. The average Bonchev–Trinajstić information content (AvgIpc) is 3.26. The van der Waals surface area contributed by atoms with Crippen LogP contribution in [0.3, 0.4) is 0 Å². The van der Waals surface area contributed by atoms with Crippen molar-refractivity contribution in [2.75, 3.05) is 6.61 Å². The standard InChI is InChI=1S/C15H15ClN6O2S/c16-10-3-4-13-17-11(6-14(23)21(13)7-10)9-25-15-18-19-20-22(15)8-12-2-1-5-24-12/h3-4,6-7,12H,1-2,5,8-9H2. The van der Waals surface area contributed by atoms with Crippen LogP contribution in [-0.2, 0) is 17.0 Å². The van der Waals surface area contributed by atoms with E-state index >= 15 is 0 Å². The van der Waals surface area contributed by atoms with Gasteiger partial charge in [0.05, 0.1) is 23.4 Å². The zero-order valence-electron chi connectivity index (χ0n) is 13.2. The highest BCUT2D eigenvalue weighted by molar-refractivity contribution is 7.98. The lowest BCUT2D eigenvalue weighted by atomic mass is 10.2. The van der Waals surface area contributed by atoms with Gasteiger partial charge in [0, 0.05) is 24.6 Å². The molecule has 4 rings (SSSR count). The summed E-state index contributed by atoms with van der Waals surface area (Å²) in [5.41, 5.74) is 1.07. The summed E-state index contributed by atoms with van der Waals surface area (Å²) in [5, 5.41) is 13.0. The van der Waals surface area contributed by atoms with E-state index in [-0.39, 0.29) is 11.7 Å². The van der Waals surface area contributed by atoms with Gasteiger partial charge in [0.1, 0.15) is 5.65 Å². The maximum Gasteiger partial charge on any atom is 0.258 e. The first kappa shape index (κ1) is 16.5. The van der Waals surface area contributed by atoms with Crippen molar-refractivity contribution < 1.29 is 4.74 Å². The number of rotatable bonds is 5. The molecule has 4 heterocycles. The average molecular weight is 379 g/mol. The first-order valence-corrected chi connectivity index (χ1v) is 9.24. The van der Waals surface area contributed by atoms with Crippen LogP contribution in [0, 0.1) is 0 Å². The lowest BCUT2D eigenvalue weighted by molar-refractivity contribution is 0.0912. The largest absolute Gasteiger partial charge is 0.376 e. The van der Waals surface area contributed by atoms with Gasteiger partial charge in [-0.05, 0) is 35.4 Å². The Morgan fingerprint density at radius 2 is 2.32 bits per heavy atom. The summed E-state index contributed by atoms with van der Waals surface area (Å²) < 4.78 is 8.80. The van der Waals surface area contributed by atoms with E-state index in [0.29, 0.717) is 33.8 Å². The molecule has 25 heavy (non-hydrogen) atoms. The van der Waals surface area contributed by atoms with Crippen LogP contribution in [0.4, 0.5) is 0 Å². The van der Waals surface area contributed by atoms with Crippen LogP contribution in [0.2, 0.25) is 5.02 Å². The third-order valence-electron chi connectivity index (χ3n) is 3.93. The van der Waals surface area contributed by atoms with Crippen molar-refractivity contribution in [2.45, 2.75) is 36.4 Å². The number of pyridine rings is 1. The molecule has 0 radical (unpaired) electrons. The number of thioether (sulfide) groups is 1. The third-order valence-corrected chi connectivity index (χ3v) is 5.14. The summed E-state index contributed by atoms with van der Waals surface area (Å²) in [6, 6.07) is 4.94. The quantitative estimate of drug-likeness (QED) is 0.625. The molecule has 10 heteroatoms. The molecule has 1 saturated heterocycles. The van der Waals surface area contributed by atoms with Gasteiger partial charge in [-0.25, -0.2) is 9.67 Å². The van der Waals surface area contributed by atoms with Crippen LogP contribution in [0.25, 0.3) is 5.65 Å². The zero-order chi connectivity index (χ0) is 17.2. The smallest absolute Gasteiger partial charge is 0.258 e. The molecule has 1 unspecified atom stereocenters. The molecular formula is C15H15ClN6O2S. The van der Waals surface area contributed by atoms with Crippen LogP contribution in [0.1, 0.15) is 18.5 Å². The van der Waals surface area contributed by atoms with Gasteiger partial charge in [-0.1, -0.05) is 23.4 Å². The highest BCUT2D eigenvalue weighted by Crippen LogP contribution is 2.21. The van der Waals surface area contributed by atoms with Gasteiger partial charge in [-0.3, -0.25) is 9.20 Å². The van der Waals surface area contributed by atoms with Gasteiger partial charge in [-0.15, -0.1) is 5.10 Å². The Morgan fingerprint density at radius 1 is 1.40 bits per heavy atom. The Kier molecular flexibility index (Phi) is 4.69. The van der Waals surface area contributed by atoms with Gasteiger partial charge < -0.3 is 4.74 Å². The van der Waals surface area contributed by atoms with E-state index in [2.05, 4.69) is 20.5 Å². The van der Waals surface area contributed by atoms with Crippen molar-refractivity contribution in [3.63, 3.8) is 0 Å². The van der Waals surface area contributed by atoms with Crippen molar-refractivity contribution in [1.29, 1.82) is 0 Å². The molecule has 1 aliphatic rings. The van der Waals surface area contributed by atoms with Gasteiger partial charge in [0.25, 0.3) is 5.56 Å². The monoisotopic (exact) mass is 378 g/mol. The minimum absolute atomic E-state index is 0.163. The second kappa shape index (κ2) is 7.11. The Balaban J connectivity index is 1.50. The Morgan fingerprint density at radius 3 is 3.16 bits per heavy atom. The summed E-state index contributed by atoms with van der Waals surface area (Å²) in [7, 11) is 0. The van der Waals surface area contributed by atoms with E-state index in [1.165, 1.54) is 22.2 Å². The molecule has 130 valence electrons. The molecule has 0 N–H and O–H groups in total. The van der Waals surface area contributed by atoms with Crippen molar-refractivity contribution in [2.24, 2.45) is 0 Å². The normalized spacial score (nSPS) is 17.4. The fourth-order valence-electron chi connectivity index (χ4n) is 2.73. The lowest BCUT2D eigenvalue weighted by Gasteiger charge is -2.10. The first-order valence-electron chi connectivity index (χ1n) is 7.87. The van der Waals surface area contributed by atoms with Gasteiger partial charge in [0.2, 0.25) is 5.16 Å². The summed E-state index contributed by atoms with van der Waals surface area (Å²) in [6.07, 6.45) is 3.82. The van der Waals surface area contributed by atoms with Crippen LogP contribution < -0.4 is 5.56 Å². The third kappa shape index (κ3) is 3.68. The molecule has 0 aromatic carbocycles. The second-order valence-corrected chi connectivity index (χ2v) is 7.11. The summed E-state index contributed by atoms with van der Waals surface area (Å²) >= 11 is 7.36. The van der Waals surface area contributed by atoms with E-state index in [1.807, 2.05) is 0 Å². The van der Waals surface area contributed by atoms with E-state index in [0.717, 1.165) is 19.4 Å². The van der Waals surface area contributed by atoms with Gasteiger partial charge >= 0.3 is 0 Å². The van der Waals surface area contributed by atoms with Crippen molar-refractivity contribution in [3.05, 3.63) is 45.5 Å². The van der Waals surface area contributed by atoms with E-state index < -0.39 is 0 Å². The number of halogens is 1. The minimum atomic E-state index is -0.165. The number of ether oxygens (including phenoxy) is 1. The molecule has 8 nitrogen and oxygen atoms in total. The van der Waals surface area contributed by atoms with Crippen LogP contribution in [-0.4, -0.2) is 42.3 Å². The van der Waals surface area contributed by atoms with Gasteiger partial charge in [0.15, 0.2) is 0 Å². The maximum atomic E-state index is 12.2. The van der Waals surface area contributed by atoms with Crippen molar-refractivity contribution in [1.82, 2.24) is 29.6 Å². The number of hydrogen-bond acceptors (Lipinski definition) is 7. The topological polar surface area (TPSA) is 87.2 Å². The highest BCUT2D eigenvalue weighted by Gasteiger charge is 2.19. The second-order valence-electron chi connectivity index (χ2n) is 5.73. The number of aromatic nitrogens is 6. The van der Waals surface area contributed by atoms with Crippen LogP contribution in [0.15, 0.2) is 34.3 Å². The van der Waals surface area contributed by atoms with Crippen LogP contribution >= 0.6 is 23.4 Å². The van der Waals surface area contributed by atoms with E-state index in [4.69, 9.17) is 16.3 Å². The number of hydrogen-bond donors (Lipinski definition) is 0. The number of fused-ring (bicyclic) bond motifs is 1. The maximum absolute atomic E-state index is 12.2. The molecule has 0 aliphatic carbocycles. The molecule has 3 aromatic heterocycles. The molecule has 1 atom stereocenters. The Hall–Kier alpha value is -1.97. The molecule has 1 aliphatic heterocycles. The van der Waals surface area contributed by atoms with Gasteiger partial charge in [-0.2, -0.15) is 0 Å². The number of nitrogens with zero attached hydrogens (tertiary/aromatic N) is 6. The van der Waals surface area contributed by atoms with Crippen molar-refractivity contribution in [3.8, 4) is 0 Å². The summed E-state index contributed by atoms with van der Waals surface area (Å²) in [4.78, 5) is 16.7. The zero-order valence-corrected chi connectivity index (χ0v) is 14.8. The molecule has 0 amide bonds. The molecule has 1 fully saturated rings. The van der Waals surface area contributed by atoms with E-state index in [9.17, 15) is 4.79 Å². The molecule has 0 saturated carbocycles. The Labute approximate surface area is 152 Å².